The maximum absolute atomic E-state index is 11.6. The van der Waals surface area contributed by atoms with Gasteiger partial charge in [0.25, 0.3) is 0 Å². The van der Waals surface area contributed by atoms with Gasteiger partial charge in [-0.15, -0.1) is 0 Å². The van der Waals surface area contributed by atoms with Gasteiger partial charge >= 0.3 is 5.97 Å². The molecule has 2 atom stereocenters. The Kier molecular flexibility index (Phi) is 4.75. The number of hydrogen-bond donors (Lipinski definition) is 0. The van der Waals surface area contributed by atoms with Gasteiger partial charge in [-0.2, -0.15) is 0 Å². The van der Waals surface area contributed by atoms with Gasteiger partial charge in [-0.25, -0.2) is 0 Å². The predicted molar refractivity (Wildman–Crippen MR) is 54.4 cm³/mol. The van der Waals surface area contributed by atoms with E-state index >= 15 is 0 Å². The van der Waals surface area contributed by atoms with Gasteiger partial charge in [-0.05, 0) is 19.8 Å². The molecule has 0 aromatic carbocycles. The fourth-order valence-corrected chi connectivity index (χ4v) is 1.81. The molecule has 1 saturated heterocycles. The summed E-state index contributed by atoms with van der Waals surface area (Å²) >= 11 is 0. The highest BCUT2D eigenvalue weighted by Crippen LogP contribution is 2.23. The number of Topliss-reactive ketones (excluding diaryl/α,β-unsaturated/α-hetero) is 1. The van der Waals surface area contributed by atoms with E-state index in [1.807, 2.05) is 0 Å². The zero-order valence-electron chi connectivity index (χ0n) is 9.32. The van der Waals surface area contributed by atoms with Gasteiger partial charge in [0.2, 0.25) is 0 Å². The van der Waals surface area contributed by atoms with Crippen LogP contribution in [0.2, 0.25) is 0 Å². The lowest BCUT2D eigenvalue weighted by atomic mass is 9.94. The minimum Gasteiger partial charge on any atom is -0.465 e. The summed E-state index contributed by atoms with van der Waals surface area (Å²) in [6.45, 7) is 4.43. The predicted octanol–water partition coefficient (Wildman–Crippen LogP) is 1.32. The quantitative estimate of drug-likeness (QED) is 0.511. The summed E-state index contributed by atoms with van der Waals surface area (Å²) in [5.41, 5.74) is 0. The van der Waals surface area contributed by atoms with E-state index in [-0.39, 0.29) is 11.9 Å². The van der Waals surface area contributed by atoms with Crippen molar-refractivity contribution in [1.29, 1.82) is 0 Å². The largest absolute Gasteiger partial charge is 0.465 e. The number of carbonyl (C=O) groups excluding carboxylic acids is 2. The molecule has 0 bridgehead atoms. The zero-order chi connectivity index (χ0) is 11.3. The molecule has 0 aliphatic carbocycles. The fraction of sp³-hybridized carbons (Fsp3) is 0.818. The van der Waals surface area contributed by atoms with Crippen molar-refractivity contribution < 1.29 is 19.1 Å². The van der Waals surface area contributed by atoms with Crippen LogP contribution in [0.1, 0.15) is 33.1 Å². The number of rotatable bonds is 5. The first-order valence-electron chi connectivity index (χ1n) is 5.51. The molecular formula is C11H18O4. The van der Waals surface area contributed by atoms with Crippen LogP contribution in [-0.4, -0.2) is 31.1 Å². The first kappa shape index (κ1) is 12.2. The average Bonchev–Trinajstić information content (AvgIpc) is 2.71. The molecule has 4 nitrogen and oxygen atoms in total. The Bertz CT molecular complexity index is 231. The third-order valence-electron chi connectivity index (χ3n) is 2.57. The highest BCUT2D eigenvalue weighted by molar-refractivity contribution is 5.99. The summed E-state index contributed by atoms with van der Waals surface area (Å²) in [5.74, 6) is -1.23. The molecule has 4 heteroatoms. The smallest absolute Gasteiger partial charge is 0.319 e. The second-order valence-electron chi connectivity index (χ2n) is 3.60. The fourth-order valence-electron chi connectivity index (χ4n) is 1.81. The highest BCUT2D eigenvalue weighted by Gasteiger charge is 2.37. The summed E-state index contributed by atoms with van der Waals surface area (Å²) in [7, 11) is 0. The molecule has 0 radical (unpaired) electrons. The molecule has 15 heavy (non-hydrogen) atoms. The van der Waals surface area contributed by atoms with Crippen LogP contribution >= 0.6 is 0 Å². The number of hydrogen-bond acceptors (Lipinski definition) is 4. The number of esters is 1. The monoisotopic (exact) mass is 214 g/mol. The molecule has 1 fully saturated rings. The maximum Gasteiger partial charge on any atom is 0.319 e. The van der Waals surface area contributed by atoms with Gasteiger partial charge in [-0.1, -0.05) is 6.92 Å². The van der Waals surface area contributed by atoms with Crippen molar-refractivity contribution in [2.45, 2.75) is 39.2 Å². The minimum absolute atomic E-state index is 0.0830. The first-order valence-corrected chi connectivity index (χ1v) is 5.51. The second kappa shape index (κ2) is 5.85. The molecule has 1 heterocycles. The molecule has 86 valence electrons. The molecule has 1 aliphatic rings. The third-order valence-corrected chi connectivity index (χ3v) is 2.57. The summed E-state index contributed by atoms with van der Waals surface area (Å²) in [6.07, 6.45) is 1.77. The van der Waals surface area contributed by atoms with Crippen molar-refractivity contribution in [3.8, 4) is 0 Å². The van der Waals surface area contributed by atoms with E-state index < -0.39 is 11.9 Å². The van der Waals surface area contributed by atoms with Gasteiger partial charge < -0.3 is 9.47 Å². The summed E-state index contributed by atoms with van der Waals surface area (Å²) in [4.78, 5) is 23.2. The van der Waals surface area contributed by atoms with Crippen LogP contribution in [0.15, 0.2) is 0 Å². The lowest BCUT2D eigenvalue weighted by molar-refractivity contribution is -0.156. The maximum atomic E-state index is 11.6. The SMILES string of the molecule is CCOC(=O)C(C(=O)CC)C1CCCO1. The lowest BCUT2D eigenvalue weighted by Crippen LogP contribution is -2.36. The van der Waals surface area contributed by atoms with Gasteiger partial charge in [0, 0.05) is 13.0 Å². The van der Waals surface area contributed by atoms with Crippen LogP contribution in [0.3, 0.4) is 0 Å². The zero-order valence-corrected chi connectivity index (χ0v) is 9.32. The van der Waals surface area contributed by atoms with Crippen LogP contribution < -0.4 is 0 Å². The molecule has 1 rings (SSSR count). The number of carbonyl (C=O) groups is 2. The Morgan fingerprint density at radius 1 is 1.47 bits per heavy atom. The highest BCUT2D eigenvalue weighted by atomic mass is 16.5. The van der Waals surface area contributed by atoms with Crippen LogP contribution in [0, 0.1) is 5.92 Å². The molecule has 0 spiro atoms. The molecule has 2 unspecified atom stereocenters. The summed E-state index contributed by atoms with van der Waals surface area (Å²) in [5, 5.41) is 0. The summed E-state index contributed by atoms with van der Waals surface area (Å²) < 4.78 is 10.3. The van der Waals surface area contributed by atoms with Crippen LogP contribution in [0.4, 0.5) is 0 Å². The Balaban J connectivity index is 2.67. The van der Waals surface area contributed by atoms with E-state index in [1.165, 1.54) is 0 Å². The summed E-state index contributed by atoms with van der Waals surface area (Å²) in [6, 6.07) is 0. The van der Waals surface area contributed by atoms with Crippen LogP contribution in [-0.2, 0) is 19.1 Å². The number of ether oxygens (including phenoxy) is 2. The minimum atomic E-state index is -0.711. The molecular weight excluding hydrogens is 196 g/mol. The van der Waals surface area contributed by atoms with Crippen molar-refractivity contribution in [2.75, 3.05) is 13.2 Å². The molecule has 0 amide bonds. The lowest BCUT2D eigenvalue weighted by Gasteiger charge is -2.19. The Morgan fingerprint density at radius 3 is 2.67 bits per heavy atom. The Labute approximate surface area is 89.9 Å². The van der Waals surface area contributed by atoms with Crippen molar-refractivity contribution in [3.05, 3.63) is 0 Å². The van der Waals surface area contributed by atoms with Crippen molar-refractivity contribution in [2.24, 2.45) is 5.92 Å². The normalized spacial score (nSPS) is 22.4. The number of ketones is 1. The van der Waals surface area contributed by atoms with Gasteiger partial charge in [0.1, 0.15) is 11.7 Å². The topological polar surface area (TPSA) is 52.6 Å². The average molecular weight is 214 g/mol. The van der Waals surface area contributed by atoms with E-state index in [0.717, 1.165) is 12.8 Å². The van der Waals surface area contributed by atoms with Crippen LogP contribution in [0.25, 0.3) is 0 Å². The van der Waals surface area contributed by atoms with E-state index in [0.29, 0.717) is 19.6 Å². The Hall–Kier alpha value is -0.900. The second-order valence-corrected chi connectivity index (χ2v) is 3.60. The Morgan fingerprint density at radius 2 is 2.20 bits per heavy atom. The van der Waals surface area contributed by atoms with Crippen molar-refractivity contribution in [3.63, 3.8) is 0 Å². The van der Waals surface area contributed by atoms with Gasteiger partial charge in [-0.3, -0.25) is 9.59 Å². The van der Waals surface area contributed by atoms with Crippen molar-refractivity contribution in [1.82, 2.24) is 0 Å². The van der Waals surface area contributed by atoms with E-state index in [4.69, 9.17) is 9.47 Å². The van der Waals surface area contributed by atoms with Crippen molar-refractivity contribution >= 4 is 11.8 Å². The first-order chi connectivity index (χ1) is 7.20. The molecule has 0 N–H and O–H groups in total. The third kappa shape index (κ3) is 3.02. The van der Waals surface area contributed by atoms with E-state index in [1.54, 1.807) is 13.8 Å². The standard InChI is InChI=1S/C11H18O4/c1-3-8(12)10(11(13)14-4-2)9-6-5-7-15-9/h9-10H,3-7H2,1-2H3. The van der Waals surface area contributed by atoms with E-state index in [2.05, 4.69) is 0 Å². The van der Waals surface area contributed by atoms with E-state index in [9.17, 15) is 9.59 Å². The molecule has 0 aromatic rings. The molecule has 0 saturated carbocycles. The van der Waals surface area contributed by atoms with Gasteiger partial charge in [0.15, 0.2) is 0 Å². The van der Waals surface area contributed by atoms with Crippen LogP contribution in [0.5, 0.6) is 0 Å². The van der Waals surface area contributed by atoms with Gasteiger partial charge in [0.05, 0.1) is 12.7 Å². The molecule has 0 aromatic heterocycles. The molecule has 1 aliphatic heterocycles.